The zero-order chi connectivity index (χ0) is 14.3. The Morgan fingerprint density at radius 2 is 1.32 bits per heavy atom. The molecule has 1 rings (SSSR count). The second-order valence-corrected chi connectivity index (χ2v) is 6.68. The summed E-state index contributed by atoms with van der Waals surface area (Å²) in [5.74, 6) is 0.814. The van der Waals surface area contributed by atoms with E-state index in [-0.39, 0.29) is 6.23 Å². The topological polar surface area (TPSA) is 26.7 Å². The van der Waals surface area contributed by atoms with E-state index >= 15 is 0 Å². The fraction of sp³-hybridized carbons (Fsp3) is 1.00. The molecule has 1 saturated heterocycles. The predicted molar refractivity (Wildman–Crippen MR) is 82.2 cm³/mol. The van der Waals surface area contributed by atoms with Crippen molar-refractivity contribution in [2.24, 2.45) is 5.92 Å². The van der Waals surface area contributed by atoms with Crippen LogP contribution in [0.4, 0.5) is 0 Å². The van der Waals surface area contributed by atoms with Gasteiger partial charge >= 0.3 is 0 Å². The molecule has 1 atom stereocenters. The number of unbranched alkanes of at least 4 members (excludes halogenated alkanes) is 2. The van der Waals surface area contributed by atoms with E-state index in [2.05, 4.69) is 37.5 Å². The van der Waals surface area contributed by atoms with Crippen molar-refractivity contribution in [3.8, 4) is 0 Å². The number of piperazine rings is 1. The summed E-state index contributed by atoms with van der Waals surface area (Å²) < 4.78 is 0. The first-order valence-electron chi connectivity index (χ1n) is 8.17. The number of hydrogen-bond donors (Lipinski definition) is 1. The smallest absolute Gasteiger partial charge is 0.107 e. The van der Waals surface area contributed by atoms with Crippen molar-refractivity contribution in [2.45, 2.75) is 72.1 Å². The van der Waals surface area contributed by atoms with Crippen molar-refractivity contribution in [2.75, 3.05) is 26.2 Å². The van der Waals surface area contributed by atoms with Gasteiger partial charge in [0.05, 0.1) is 0 Å². The van der Waals surface area contributed by atoms with Gasteiger partial charge in [0.1, 0.15) is 6.23 Å². The van der Waals surface area contributed by atoms with Gasteiger partial charge in [-0.25, -0.2) is 0 Å². The van der Waals surface area contributed by atoms with Gasteiger partial charge in [-0.3, -0.25) is 9.80 Å². The van der Waals surface area contributed by atoms with Crippen LogP contribution in [0.2, 0.25) is 0 Å². The van der Waals surface area contributed by atoms with Crippen LogP contribution in [-0.2, 0) is 0 Å². The van der Waals surface area contributed by atoms with Gasteiger partial charge in [0.25, 0.3) is 0 Å². The molecule has 1 aliphatic rings. The summed E-state index contributed by atoms with van der Waals surface area (Å²) in [5.41, 5.74) is 0. The van der Waals surface area contributed by atoms with Crippen molar-refractivity contribution < 1.29 is 5.11 Å². The summed E-state index contributed by atoms with van der Waals surface area (Å²) in [6.07, 6.45) is 5.79. The van der Waals surface area contributed by atoms with Gasteiger partial charge in [-0.05, 0) is 32.6 Å². The molecular formula is C16H34N2O. The maximum Gasteiger partial charge on any atom is 0.107 e. The number of hydrogen-bond acceptors (Lipinski definition) is 3. The average Bonchev–Trinajstić information content (AvgIpc) is 2.37. The molecule has 0 saturated carbocycles. The molecule has 3 nitrogen and oxygen atoms in total. The van der Waals surface area contributed by atoms with Crippen LogP contribution in [0.3, 0.4) is 0 Å². The maximum atomic E-state index is 10.2. The third kappa shape index (κ3) is 6.73. The van der Waals surface area contributed by atoms with E-state index in [9.17, 15) is 5.11 Å². The quantitative estimate of drug-likeness (QED) is 0.687. The molecule has 1 heterocycles. The number of aliphatic hydroxyl groups excluding tert-OH is 1. The Bertz CT molecular complexity index is 223. The molecule has 1 unspecified atom stereocenters. The second-order valence-electron chi connectivity index (χ2n) is 6.68. The lowest BCUT2D eigenvalue weighted by molar-refractivity contribution is -0.0355. The van der Waals surface area contributed by atoms with E-state index in [1.165, 1.54) is 19.3 Å². The van der Waals surface area contributed by atoms with Gasteiger partial charge in [-0.2, -0.15) is 0 Å². The van der Waals surface area contributed by atoms with Crippen LogP contribution in [0.25, 0.3) is 0 Å². The Balaban J connectivity index is 2.09. The summed E-state index contributed by atoms with van der Waals surface area (Å²) >= 11 is 0. The molecule has 1 N–H and O–H groups in total. The van der Waals surface area contributed by atoms with E-state index < -0.39 is 0 Å². The minimum atomic E-state index is -0.214. The SMILES string of the molecule is CC(C)CCCCCC(O)N1CCN(C(C)C)CC1. The van der Waals surface area contributed by atoms with Gasteiger partial charge in [0.15, 0.2) is 0 Å². The van der Waals surface area contributed by atoms with Crippen molar-refractivity contribution in [3.05, 3.63) is 0 Å². The molecule has 0 spiro atoms. The van der Waals surface area contributed by atoms with Crippen LogP contribution in [0.1, 0.15) is 59.8 Å². The highest BCUT2D eigenvalue weighted by molar-refractivity contribution is 4.75. The van der Waals surface area contributed by atoms with Gasteiger partial charge in [-0.1, -0.05) is 33.1 Å². The molecule has 1 aliphatic heterocycles. The van der Waals surface area contributed by atoms with E-state index in [0.717, 1.165) is 44.9 Å². The molecule has 0 aromatic rings. The normalized spacial score (nSPS) is 20.4. The van der Waals surface area contributed by atoms with E-state index in [0.29, 0.717) is 6.04 Å². The molecule has 19 heavy (non-hydrogen) atoms. The van der Waals surface area contributed by atoms with E-state index in [1.54, 1.807) is 0 Å². The van der Waals surface area contributed by atoms with Gasteiger partial charge < -0.3 is 5.11 Å². The fourth-order valence-corrected chi connectivity index (χ4v) is 2.79. The largest absolute Gasteiger partial charge is 0.378 e. The van der Waals surface area contributed by atoms with Crippen LogP contribution >= 0.6 is 0 Å². The summed E-state index contributed by atoms with van der Waals surface area (Å²) in [7, 11) is 0. The lowest BCUT2D eigenvalue weighted by Crippen LogP contribution is -2.52. The Morgan fingerprint density at radius 3 is 1.84 bits per heavy atom. The minimum Gasteiger partial charge on any atom is -0.378 e. The van der Waals surface area contributed by atoms with Crippen LogP contribution < -0.4 is 0 Å². The third-order valence-electron chi connectivity index (χ3n) is 4.24. The zero-order valence-corrected chi connectivity index (χ0v) is 13.4. The third-order valence-corrected chi connectivity index (χ3v) is 4.24. The lowest BCUT2D eigenvalue weighted by Gasteiger charge is -2.39. The summed E-state index contributed by atoms with van der Waals surface area (Å²) in [5, 5.41) is 10.2. The molecule has 0 amide bonds. The number of aliphatic hydroxyl groups is 1. The van der Waals surface area contributed by atoms with E-state index in [4.69, 9.17) is 0 Å². The summed E-state index contributed by atoms with van der Waals surface area (Å²) in [6, 6.07) is 0.635. The highest BCUT2D eigenvalue weighted by Crippen LogP contribution is 2.14. The monoisotopic (exact) mass is 270 g/mol. The first-order chi connectivity index (χ1) is 9.00. The van der Waals surface area contributed by atoms with Crippen LogP contribution in [-0.4, -0.2) is 53.4 Å². The summed E-state index contributed by atoms with van der Waals surface area (Å²) in [4.78, 5) is 4.74. The standard InChI is InChI=1S/C16H34N2O/c1-14(2)8-6-5-7-9-16(19)18-12-10-17(11-13-18)15(3)4/h14-16,19H,5-13H2,1-4H3. The molecule has 0 bridgehead atoms. The minimum absolute atomic E-state index is 0.214. The average molecular weight is 270 g/mol. The Hall–Kier alpha value is -0.120. The molecule has 3 heteroatoms. The molecule has 1 fully saturated rings. The van der Waals surface area contributed by atoms with Gasteiger partial charge in [0, 0.05) is 32.2 Å². The summed E-state index contributed by atoms with van der Waals surface area (Å²) in [6.45, 7) is 13.3. The molecule has 114 valence electrons. The van der Waals surface area contributed by atoms with Crippen molar-refractivity contribution in [1.82, 2.24) is 9.80 Å². The molecule has 0 radical (unpaired) electrons. The Kier molecular flexibility index (Phi) is 7.96. The van der Waals surface area contributed by atoms with Crippen molar-refractivity contribution in [3.63, 3.8) is 0 Å². The number of rotatable bonds is 8. The first-order valence-corrected chi connectivity index (χ1v) is 8.17. The van der Waals surface area contributed by atoms with Gasteiger partial charge in [-0.15, -0.1) is 0 Å². The zero-order valence-electron chi connectivity index (χ0n) is 13.4. The maximum absolute atomic E-state index is 10.2. The highest BCUT2D eigenvalue weighted by Gasteiger charge is 2.22. The predicted octanol–water partition coefficient (Wildman–Crippen LogP) is 2.94. The molecular weight excluding hydrogens is 236 g/mol. The molecule has 0 aromatic carbocycles. The lowest BCUT2D eigenvalue weighted by atomic mass is 10.0. The van der Waals surface area contributed by atoms with Crippen molar-refractivity contribution >= 4 is 0 Å². The number of nitrogens with zero attached hydrogens (tertiary/aromatic N) is 2. The van der Waals surface area contributed by atoms with Crippen molar-refractivity contribution in [1.29, 1.82) is 0 Å². The molecule has 0 aromatic heterocycles. The molecule has 0 aliphatic carbocycles. The van der Waals surface area contributed by atoms with Crippen LogP contribution in [0.15, 0.2) is 0 Å². The van der Waals surface area contributed by atoms with Crippen LogP contribution in [0, 0.1) is 5.92 Å². The highest BCUT2D eigenvalue weighted by atomic mass is 16.3. The second kappa shape index (κ2) is 8.93. The fourth-order valence-electron chi connectivity index (χ4n) is 2.79. The van der Waals surface area contributed by atoms with E-state index in [1.807, 2.05) is 0 Å². The first kappa shape index (κ1) is 16.9. The van der Waals surface area contributed by atoms with Gasteiger partial charge in [0.2, 0.25) is 0 Å². The Morgan fingerprint density at radius 1 is 0.789 bits per heavy atom. The van der Waals surface area contributed by atoms with Crippen LogP contribution in [0.5, 0.6) is 0 Å². The Labute approximate surface area is 120 Å².